The Morgan fingerprint density at radius 3 is 1.44 bits per heavy atom. The fourth-order valence-electron chi connectivity index (χ4n) is 6.46. The first-order chi connectivity index (χ1) is 30.5. The molecular formula is C56H89NO5. The molecule has 0 aromatic carbocycles. The van der Waals surface area contributed by atoms with Gasteiger partial charge in [0.1, 0.15) is 6.10 Å². The monoisotopic (exact) mass is 856 g/mol. The van der Waals surface area contributed by atoms with Gasteiger partial charge in [-0.1, -0.05) is 232 Å². The molecule has 3 unspecified atom stereocenters. The SMILES string of the molecule is CC/C=C\C/C=C\C/C=C\C/C=C\C/C=C\C/C=C\C(CC(=O)NC(CO)C(O)CCCCCCCCCCCCCCC)OC(=O)CCC/C=C/C=C\C=C/C=C/C=C/CC. The van der Waals surface area contributed by atoms with Crippen molar-refractivity contribution in [2.24, 2.45) is 0 Å². The number of carbonyl (C=O) groups is 2. The van der Waals surface area contributed by atoms with Crippen molar-refractivity contribution in [1.82, 2.24) is 5.32 Å². The molecule has 3 atom stereocenters. The normalized spacial score (nSPS) is 14.5. The minimum absolute atomic E-state index is 0.0852. The van der Waals surface area contributed by atoms with Crippen molar-refractivity contribution in [2.75, 3.05) is 6.61 Å². The molecule has 0 saturated heterocycles. The Balaban J connectivity index is 4.92. The Hall–Kier alpha value is -4.00. The average molecular weight is 856 g/mol. The molecule has 0 bridgehead atoms. The van der Waals surface area contributed by atoms with Crippen molar-refractivity contribution in [3.05, 3.63) is 134 Å². The third-order valence-corrected chi connectivity index (χ3v) is 10.1. The molecule has 6 heteroatoms. The first-order valence-electron chi connectivity index (χ1n) is 24.5. The van der Waals surface area contributed by atoms with E-state index in [1.54, 1.807) is 6.08 Å². The van der Waals surface area contributed by atoms with Crippen LogP contribution in [0.5, 0.6) is 0 Å². The van der Waals surface area contributed by atoms with Crippen LogP contribution in [0.3, 0.4) is 0 Å². The molecule has 0 aromatic rings. The van der Waals surface area contributed by atoms with Crippen LogP contribution >= 0.6 is 0 Å². The van der Waals surface area contributed by atoms with Gasteiger partial charge in [0.2, 0.25) is 5.91 Å². The summed E-state index contributed by atoms with van der Waals surface area (Å²) in [6.07, 6.45) is 68.3. The predicted octanol–water partition coefficient (Wildman–Crippen LogP) is 14.7. The molecule has 0 saturated carbocycles. The van der Waals surface area contributed by atoms with Crippen molar-refractivity contribution in [3.63, 3.8) is 0 Å². The topological polar surface area (TPSA) is 95.9 Å². The van der Waals surface area contributed by atoms with Crippen LogP contribution in [-0.4, -0.2) is 46.9 Å². The number of unbranched alkanes of at least 4 members (excludes halogenated alkanes) is 13. The fourth-order valence-corrected chi connectivity index (χ4v) is 6.46. The minimum Gasteiger partial charge on any atom is -0.458 e. The van der Waals surface area contributed by atoms with Crippen LogP contribution in [0.4, 0.5) is 0 Å². The number of nitrogens with one attached hydrogen (secondary N) is 1. The number of amides is 1. The molecule has 6 nitrogen and oxygen atoms in total. The van der Waals surface area contributed by atoms with Crippen LogP contribution in [0.15, 0.2) is 134 Å². The zero-order valence-corrected chi connectivity index (χ0v) is 39.4. The molecule has 0 fully saturated rings. The van der Waals surface area contributed by atoms with Gasteiger partial charge < -0.3 is 20.3 Å². The molecule has 0 rings (SSSR count). The van der Waals surface area contributed by atoms with Gasteiger partial charge in [-0.25, -0.2) is 0 Å². The maximum absolute atomic E-state index is 13.1. The first kappa shape index (κ1) is 58.0. The maximum atomic E-state index is 13.1. The zero-order valence-electron chi connectivity index (χ0n) is 39.4. The third-order valence-electron chi connectivity index (χ3n) is 10.1. The van der Waals surface area contributed by atoms with E-state index in [-0.39, 0.29) is 31.3 Å². The lowest BCUT2D eigenvalue weighted by Crippen LogP contribution is -2.46. The fraction of sp³-hybridized carbons (Fsp3) is 0.571. The second-order valence-corrected chi connectivity index (χ2v) is 15.9. The first-order valence-corrected chi connectivity index (χ1v) is 24.5. The summed E-state index contributed by atoms with van der Waals surface area (Å²) >= 11 is 0. The Morgan fingerprint density at radius 2 is 0.952 bits per heavy atom. The number of esters is 1. The van der Waals surface area contributed by atoms with Crippen LogP contribution in [0.25, 0.3) is 0 Å². The maximum Gasteiger partial charge on any atom is 0.306 e. The van der Waals surface area contributed by atoms with Crippen molar-refractivity contribution < 1.29 is 24.5 Å². The van der Waals surface area contributed by atoms with Gasteiger partial charge in [-0.15, -0.1) is 0 Å². The predicted molar refractivity (Wildman–Crippen MR) is 268 cm³/mol. The summed E-state index contributed by atoms with van der Waals surface area (Å²) in [6, 6.07) is -0.766. The van der Waals surface area contributed by atoms with Crippen LogP contribution in [-0.2, 0) is 14.3 Å². The summed E-state index contributed by atoms with van der Waals surface area (Å²) in [5, 5.41) is 23.6. The van der Waals surface area contributed by atoms with Gasteiger partial charge in [-0.05, 0) is 70.3 Å². The van der Waals surface area contributed by atoms with E-state index in [1.807, 2.05) is 60.8 Å². The van der Waals surface area contributed by atoms with E-state index in [1.165, 1.54) is 64.2 Å². The summed E-state index contributed by atoms with van der Waals surface area (Å²) < 4.78 is 5.77. The van der Waals surface area contributed by atoms with Gasteiger partial charge in [0.25, 0.3) is 0 Å². The molecule has 1 amide bonds. The van der Waals surface area contributed by atoms with E-state index in [0.29, 0.717) is 19.3 Å². The highest BCUT2D eigenvalue weighted by molar-refractivity contribution is 5.78. The van der Waals surface area contributed by atoms with Gasteiger partial charge in [-0.3, -0.25) is 9.59 Å². The van der Waals surface area contributed by atoms with Gasteiger partial charge >= 0.3 is 5.97 Å². The number of ether oxygens (including phenoxy) is 1. The molecule has 3 N–H and O–H groups in total. The molecule has 0 spiro atoms. The average Bonchev–Trinajstić information content (AvgIpc) is 3.26. The summed E-state index contributed by atoms with van der Waals surface area (Å²) in [5.74, 6) is -0.734. The molecule has 348 valence electrons. The molecule has 0 heterocycles. The second kappa shape index (κ2) is 48.0. The van der Waals surface area contributed by atoms with Crippen molar-refractivity contribution in [3.8, 4) is 0 Å². The summed E-state index contributed by atoms with van der Waals surface area (Å²) in [4.78, 5) is 26.0. The Labute approximate surface area is 380 Å². The Morgan fingerprint density at radius 1 is 0.516 bits per heavy atom. The molecule has 62 heavy (non-hydrogen) atoms. The van der Waals surface area contributed by atoms with Crippen molar-refractivity contribution in [1.29, 1.82) is 0 Å². The van der Waals surface area contributed by atoms with E-state index in [0.717, 1.165) is 64.2 Å². The number of rotatable bonds is 41. The lowest BCUT2D eigenvalue weighted by molar-refractivity contribution is -0.148. The Kier molecular flexibility index (Phi) is 44.9. The van der Waals surface area contributed by atoms with E-state index < -0.39 is 18.2 Å². The molecule has 0 aliphatic heterocycles. The van der Waals surface area contributed by atoms with Gasteiger partial charge in [0.15, 0.2) is 0 Å². The standard InChI is InChI=1S/C56H89NO5/c1-4-7-10-13-16-19-22-25-26-27-28-31-32-35-38-41-44-47-52(62-56(61)49-46-43-40-37-34-30-24-21-18-15-12-9-6-3)50-55(60)57-53(51-58)54(59)48-45-42-39-36-33-29-23-20-17-14-11-8-5-2/h7,9-10,12,15-16,18-19,21,24-26,28,30-31,34-35,37-38,40,44,47,52-54,58-59H,4-6,8,11,13-14,17,20,22-23,27,29,32-33,36,39,41-43,45-46,48-51H2,1-3H3,(H,57,60)/b10-7-,12-9+,18-15+,19-16-,24-21-,26-25-,31-28-,34-30-,38-35-,40-37+,47-44-. The third kappa shape index (κ3) is 42.7. The number of hydrogen-bond acceptors (Lipinski definition) is 5. The Bertz CT molecular complexity index is 1370. The zero-order chi connectivity index (χ0) is 45.2. The molecule has 0 aliphatic rings. The van der Waals surface area contributed by atoms with Crippen molar-refractivity contribution in [2.45, 2.75) is 200 Å². The highest BCUT2D eigenvalue weighted by Crippen LogP contribution is 2.15. The number of hydrogen-bond donors (Lipinski definition) is 3. The number of allylic oxidation sites excluding steroid dienone is 21. The molecular weight excluding hydrogens is 767 g/mol. The van der Waals surface area contributed by atoms with Crippen LogP contribution in [0.1, 0.15) is 181 Å². The van der Waals surface area contributed by atoms with Crippen LogP contribution < -0.4 is 5.32 Å². The number of aliphatic hydroxyl groups excluding tert-OH is 2. The van der Waals surface area contributed by atoms with Gasteiger partial charge in [0, 0.05) is 6.42 Å². The van der Waals surface area contributed by atoms with E-state index >= 15 is 0 Å². The largest absolute Gasteiger partial charge is 0.458 e. The lowest BCUT2D eigenvalue weighted by Gasteiger charge is -2.23. The summed E-state index contributed by atoms with van der Waals surface area (Å²) in [6.45, 7) is 6.15. The van der Waals surface area contributed by atoms with Crippen LogP contribution in [0, 0.1) is 0 Å². The van der Waals surface area contributed by atoms with E-state index in [4.69, 9.17) is 4.74 Å². The van der Waals surface area contributed by atoms with Gasteiger partial charge in [-0.2, -0.15) is 0 Å². The lowest BCUT2D eigenvalue weighted by atomic mass is 10.0. The highest BCUT2D eigenvalue weighted by atomic mass is 16.5. The smallest absolute Gasteiger partial charge is 0.306 e. The van der Waals surface area contributed by atoms with Gasteiger partial charge in [0.05, 0.1) is 25.2 Å². The number of carbonyl (C=O) groups excluding carboxylic acids is 2. The summed E-state index contributed by atoms with van der Waals surface area (Å²) in [5.41, 5.74) is 0. The molecule has 0 radical (unpaired) electrons. The van der Waals surface area contributed by atoms with Crippen LogP contribution in [0.2, 0.25) is 0 Å². The summed E-state index contributed by atoms with van der Waals surface area (Å²) in [7, 11) is 0. The second-order valence-electron chi connectivity index (χ2n) is 15.9. The molecule has 0 aromatic heterocycles. The minimum atomic E-state index is -0.840. The highest BCUT2D eigenvalue weighted by Gasteiger charge is 2.23. The quantitative estimate of drug-likeness (QED) is 0.0246. The van der Waals surface area contributed by atoms with E-state index in [2.05, 4.69) is 92.9 Å². The van der Waals surface area contributed by atoms with E-state index in [9.17, 15) is 19.8 Å². The molecule has 0 aliphatic carbocycles. The van der Waals surface area contributed by atoms with Crippen molar-refractivity contribution >= 4 is 11.9 Å². The number of aliphatic hydroxyl groups is 2.